The molecule has 0 fully saturated rings. The van der Waals surface area contributed by atoms with Crippen LogP contribution >= 0.6 is 0 Å². The first kappa shape index (κ1) is 12.9. The molecule has 0 radical (unpaired) electrons. The number of aryl methyl sites for hydroxylation is 1. The molecule has 100 valence electrons. The third kappa shape index (κ3) is 2.09. The van der Waals surface area contributed by atoms with E-state index in [1.165, 1.54) is 16.5 Å². The van der Waals surface area contributed by atoms with Gasteiger partial charge >= 0.3 is 0 Å². The fourth-order valence-corrected chi connectivity index (χ4v) is 2.67. The lowest BCUT2D eigenvalue weighted by Crippen LogP contribution is -2.20. The van der Waals surface area contributed by atoms with Crippen LogP contribution in [-0.2, 0) is 5.41 Å². The predicted molar refractivity (Wildman–Crippen MR) is 85.1 cm³/mol. The average Bonchev–Trinajstić information content (AvgIpc) is 2.48. The highest BCUT2D eigenvalue weighted by Gasteiger charge is 2.25. The van der Waals surface area contributed by atoms with Gasteiger partial charge in [-0.25, -0.2) is 0 Å². The molecule has 20 heavy (non-hydrogen) atoms. The van der Waals surface area contributed by atoms with Crippen LogP contribution in [0.2, 0.25) is 0 Å². The molecule has 0 N–H and O–H groups in total. The quantitative estimate of drug-likeness (QED) is 0.641. The second kappa shape index (κ2) is 4.75. The van der Waals surface area contributed by atoms with E-state index in [4.69, 9.17) is 4.98 Å². The Morgan fingerprint density at radius 3 is 2.25 bits per heavy atom. The molecule has 0 atom stereocenters. The topological polar surface area (TPSA) is 12.9 Å². The molecule has 0 saturated heterocycles. The van der Waals surface area contributed by atoms with E-state index in [2.05, 4.69) is 75.4 Å². The molecule has 0 aliphatic rings. The smallest absolute Gasteiger partial charge is 0.0708 e. The van der Waals surface area contributed by atoms with E-state index in [9.17, 15) is 0 Å². The van der Waals surface area contributed by atoms with E-state index < -0.39 is 0 Å². The molecule has 0 aliphatic carbocycles. The van der Waals surface area contributed by atoms with E-state index in [1.54, 1.807) is 0 Å². The summed E-state index contributed by atoms with van der Waals surface area (Å²) in [5.41, 5.74) is 4.69. The standard InChI is InChI=1S/C19H19N/c1-14-13-18(20-17-12-8-7-11-16(14)17)19(2,3)15-9-5-4-6-10-15/h4-13H,1-3H3. The number of hydrogen-bond acceptors (Lipinski definition) is 1. The summed E-state index contributed by atoms with van der Waals surface area (Å²) in [6, 6.07) is 21.1. The van der Waals surface area contributed by atoms with Gasteiger partial charge in [-0.1, -0.05) is 62.4 Å². The first-order valence-corrected chi connectivity index (χ1v) is 7.01. The van der Waals surface area contributed by atoms with E-state index >= 15 is 0 Å². The highest BCUT2D eigenvalue weighted by atomic mass is 14.7. The van der Waals surface area contributed by atoms with Gasteiger partial charge in [-0.15, -0.1) is 0 Å². The maximum Gasteiger partial charge on any atom is 0.0708 e. The highest BCUT2D eigenvalue weighted by Crippen LogP contribution is 2.32. The van der Waals surface area contributed by atoms with Gasteiger partial charge in [0, 0.05) is 10.8 Å². The maximum absolute atomic E-state index is 4.88. The van der Waals surface area contributed by atoms with Gasteiger partial charge in [-0.3, -0.25) is 4.98 Å². The van der Waals surface area contributed by atoms with Crippen molar-refractivity contribution in [2.45, 2.75) is 26.2 Å². The molecule has 0 amide bonds. The Morgan fingerprint density at radius 2 is 1.50 bits per heavy atom. The lowest BCUT2D eigenvalue weighted by Gasteiger charge is -2.25. The molecule has 1 aromatic heterocycles. The van der Waals surface area contributed by atoms with Crippen LogP contribution in [0.15, 0.2) is 60.7 Å². The SMILES string of the molecule is Cc1cc(C(C)(C)c2ccccc2)nc2ccccc12. The second-order valence-corrected chi connectivity index (χ2v) is 5.83. The molecule has 3 aromatic rings. The van der Waals surface area contributed by atoms with Crippen molar-refractivity contribution in [3.05, 3.63) is 77.5 Å². The fourth-order valence-electron chi connectivity index (χ4n) is 2.67. The molecular formula is C19H19N. The van der Waals surface area contributed by atoms with E-state index in [0.717, 1.165) is 11.2 Å². The van der Waals surface area contributed by atoms with Gasteiger partial charge in [-0.2, -0.15) is 0 Å². The minimum absolute atomic E-state index is 0.0873. The minimum atomic E-state index is -0.0873. The zero-order valence-electron chi connectivity index (χ0n) is 12.2. The summed E-state index contributed by atoms with van der Waals surface area (Å²) < 4.78 is 0. The Labute approximate surface area is 120 Å². The number of benzene rings is 2. The molecule has 0 aliphatic heterocycles. The zero-order valence-corrected chi connectivity index (χ0v) is 12.2. The highest BCUT2D eigenvalue weighted by molar-refractivity contribution is 5.82. The van der Waals surface area contributed by atoms with Crippen molar-refractivity contribution >= 4 is 10.9 Å². The second-order valence-electron chi connectivity index (χ2n) is 5.83. The van der Waals surface area contributed by atoms with Crippen LogP contribution in [-0.4, -0.2) is 4.98 Å². The van der Waals surface area contributed by atoms with Gasteiger partial charge in [0.25, 0.3) is 0 Å². The van der Waals surface area contributed by atoms with Crippen molar-refractivity contribution in [2.24, 2.45) is 0 Å². The van der Waals surface area contributed by atoms with Crippen LogP contribution < -0.4 is 0 Å². The van der Waals surface area contributed by atoms with Gasteiger partial charge < -0.3 is 0 Å². The van der Waals surface area contributed by atoms with Gasteiger partial charge in [0.2, 0.25) is 0 Å². The summed E-state index contributed by atoms with van der Waals surface area (Å²) in [7, 11) is 0. The molecule has 1 heteroatoms. The lowest BCUT2D eigenvalue weighted by atomic mass is 9.80. The van der Waals surface area contributed by atoms with Crippen LogP contribution in [0.1, 0.15) is 30.7 Å². The number of aromatic nitrogens is 1. The molecule has 0 unspecified atom stereocenters. The van der Waals surface area contributed by atoms with Crippen molar-refractivity contribution in [1.82, 2.24) is 4.98 Å². The monoisotopic (exact) mass is 261 g/mol. The van der Waals surface area contributed by atoms with Crippen molar-refractivity contribution in [2.75, 3.05) is 0 Å². The Morgan fingerprint density at radius 1 is 0.850 bits per heavy atom. The van der Waals surface area contributed by atoms with Gasteiger partial charge in [0.15, 0.2) is 0 Å². The normalized spacial score (nSPS) is 11.8. The summed E-state index contributed by atoms with van der Waals surface area (Å²) in [5.74, 6) is 0. The summed E-state index contributed by atoms with van der Waals surface area (Å²) in [5, 5.41) is 1.24. The number of rotatable bonds is 2. The van der Waals surface area contributed by atoms with E-state index in [0.29, 0.717) is 0 Å². The van der Waals surface area contributed by atoms with Crippen LogP contribution in [0.5, 0.6) is 0 Å². The average molecular weight is 261 g/mol. The number of para-hydroxylation sites is 1. The minimum Gasteiger partial charge on any atom is -0.252 e. The maximum atomic E-state index is 4.88. The van der Waals surface area contributed by atoms with Gasteiger partial charge in [0.05, 0.1) is 11.2 Å². The van der Waals surface area contributed by atoms with Crippen molar-refractivity contribution < 1.29 is 0 Å². The van der Waals surface area contributed by atoms with Gasteiger partial charge in [0.1, 0.15) is 0 Å². The summed E-state index contributed by atoms with van der Waals surface area (Å²) in [6.07, 6.45) is 0. The molecule has 2 aromatic carbocycles. The van der Waals surface area contributed by atoms with Crippen molar-refractivity contribution in [3.63, 3.8) is 0 Å². The van der Waals surface area contributed by atoms with Crippen molar-refractivity contribution in [3.8, 4) is 0 Å². The summed E-state index contributed by atoms with van der Waals surface area (Å²) >= 11 is 0. The number of fused-ring (bicyclic) bond motifs is 1. The first-order valence-electron chi connectivity index (χ1n) is 7.01. The van der Waals surface area contributed by atoms with E-state index in [-0.39, 0.29) is 5.41 Å². The Balaban J connectivity index is 2.19. The van der Waals surface area contributed by atoms with Crippen molar-refractivity contribution in [1.29, 1.82) is 0 Å². The fraction of sp³-hybridized carbons (Fsp3) is 0.211. The zero-order chi connectivity index (χ0) is 14.2. The Bertz CT molecular complexity index is 742. The third-order valence-electron chi connectivity index (χ3n) is 4.06. The molecule has 0 saturated carbocycles. The number of hydrogen-bond donors (Lipinski definition) is 0. The number of pyridine rings is 1. The lowest BCUT2D eigenvalue weighted by molar-refractivity contribution is 0.619. The molecular weight excluding hydrogens is 242 g/mol. The molecule has 3 rings (SSSR count). The predicted octanol–water partition coefficient (Wildman–Crippen LogP) is 4.87. The van der Waals surface area contributed by atoms with Crippen LogP contribution in [0.3, 0.4) is 0 Å². The Hall–Kier alpha value is -2.15. The van der Waals surface area contributed by atoms with Crippen LogP contribution in [0.4, 0.5) is 0 Å². The largest absolute Gasteiger partial charge is 0.252 e. The third-order valence-corrected chi connectivity index (χ3v) is 4.06. The molecule has 1 heterocycles. The van der Waals surface area contributed by atoms with Crippen LogP contribution in [0.25, 0.3) is 10.9 Å². The Kier molecular flexibility index (Phi) is 3.06. The first-order chi connectivity index (χ1) is 9.59. The molecule has 1 nitrogen and oxygen atoms in total. The summed E-state index contributed by atoms with van der Waals surface area (Å²) in [6.45, 7) is 6.63. The molecule has 0 bridgehead atoms. The number of nitrogens with zero attached hydrogens (tertiary/aromatic N) is 1. The molecule has 0 spiro atoms. The summed E-state index contributed by atoms with van der Waals surface area (Å²) in [4.78, 5) is 4.88. The van der Waals surface area contributed by atoms with Gasteiger partial charge in [-0.05, 0) is 30.2 Å². The van der Waals surface area contributed by atoms with E-state index in [1.807, 2.05) is 6.07 Å². The van der Waals surface area contributed by atoms with Crippen LogP contribution in [0, 0.1) is 6.92 Å².